The first-order valence-electron chi connectivity index (χ1n) is 3.13. The molecule has 0 saturated carbocycles. The van der Waals surface area contributed by atoms with Crippen LogP contribution in [0.25, 0.3) is 0 Å². The van der Waals surface area contributed by atoms with Crippen molar-refractivity contribution in [1.29, 1.82) is 0 Å². The van der Waals surface area contributed by atoms with Crippen LogP contribution in [0, 0.1) is 0 Å². The van der Waals surface area contributed by atoms with Crippen molar-refractivity contribution in [2.45, 2.75) is 11.7 Å². The van der Waals surface area contributed by atoms with Crippen LogP contribution in [0.1, 0.15) is 5.56 Å². The van der Waals surface area contributed by atoms with E-state index in [1.165, 1.54) is 5.56 Å². The first kappa shape index (κ1) is 8.08. The van der Waals surface area contributed by atoms with E-state index in [0.717, 1.165) is 12.2 Å². The molecule has 0 fully saturated rings. The molecular formula is C7H10OS2. The third-order valence-electron chi connectivity index (χ3n) is 1.26. The maximum absolute atomic E-state index is 4.90. The molecule has 56 valence electrons. The van der Waals surface area contributed by atoms with Crippen molar-refractivity contribution in [1.82, 2.24) is 0 Å². The zero-order valence-corrected chi connectivity index (χ0v) is 7.32. The second-order valence-corrected chi connectivity index (χ2v) is 3.27. The summed E-state index contributed by atoms with van der Waals surface area (Å²) in [6.07, 6.45) is 4.35. The molecule has 0 spiro atoms. The lowest BCUT2D eigenvalue weighted by Crippen LogP contribution is -2.03. The molecule has 1 atom stereocenters. The number of hydrogen-bond donors (Lipinski definition) is 2. The van der Waals surface area contributed by atoms with E-state index in [4.69, 9.17) is 4.42 Å². The average Bonchev–Trinajstić information content (AvgIpc) is 2.40. The van der Waals surface area contributed by atoms with Gasteiger partial charge in [0.05, 0.1) is 12.5 Å². The molecule has 10 heavy (non-hydrogen) atoms. The predicted octanol–water partition coefficient (Wildman–Crippen LogP) is 2.05. The van der Waals surface area contributed by atoms with E-state index < -0.39 is 0 Å². The Morgan fingerprint density at radius 3 is 2.90 bits per heavy atom. The first-order chi connectivity index (χ1) is 4.83. The van der Waals surface area contributed by atoms with Gasteiger partial charge in [-0.05, 0) is 18.1 Å². The van der Waals surface area contributed by atoms with Gasteiger partial charge in [0, 0.05) is 11.0 Å². The molecule has 0 radical (unpaired) electrons. The van der Waals surface area contributed by atoms with Gasteiger partial charge in [0.1, 0.15) is 0 Å². The average molecular weight is 174 g/mol. The maximum Gasteiger partial charge on any atom is 0.0934 e. The monoisotopic (exact) mass is 174 g/mol. The number of thiol groups is 2. The van der Waals surface area contributed by atoms with E-state index in [-0.39, 0.29) is 0 Å². The van der Waals surface area contributed by atoms with Crippen molar-refractivity contribution in [2.75, 3.05) is 5.75 Å². The van der Waals surface area contributed by atoms with Crippen LogP contribution in [0.5, 0.6) is 0 Å². The molecule has 1 rings (SSSR count). The molecule has 0 aliphatic rings. The predicted molar refractivity (Wildman–Crippen MR) is 49.0 cm³/mol. The Morgan fingerprint density at radius 2 is 2.40 bits per heavy atom. The Labute approximate surface area is 71.6 Å². The molecule has 1 nitrogen and oxygen atoms in total. The number of furan rings is 1. The summed E-state index contributed by atoms with van der Waals surface area (Å²) >= 11 is 8.42. The van der Waals surface area contributed by atoms with Gasteiger partial charge >= 0.3 is 0 Å². The van der Waals surface area contributed by atoms with E-state index in [1.807, 2.05) is 6.07 Å². The summed E-state index contributed by atoms with van der Waals surface area (Å²) in [7, 11) is 0. The molecule has 0 bridgehead atoms. The normalized spacial score (nSPS) is 13.4. The molecule has 0 aliphatic heterocycles. The number of hydrogen-bond acceptors (Lipinski definition) is 3. The van der Waals surface area contributed by atoms with Gasteiger partial charge in [-0.15, -0.1) is 0 Å². The lowest BCUT2D eigenvalue weighted by molar-refractivity contribution is 0.563. The standard InChI is InChI=1S/C7H10OS2/c9-5-7(10)3-6-1-2-8-4-6/h1-2,4,7,9-10H,3,5H2/t7-/m1/s1. The van der Waals surface area contributed by atoms with Gasteiger partial charge in [-0.25, -0.2) is 0 Å². The maximum atomic E-state index is 4.90. The molecule has 1 aromatic rings. The molecule has 0 N–H and O–H groups in total. The van der Waals surface area contributed by atoms with Gasteiger partial charge < -0.3 is 4.42 Å². The fourth-order valence-electron chi connectivity index (χ4n) is 0.745. The fourth-order valence-corrected chi connectivity index (χ4v) is 1.09. The van der Waals surface area contributed by atoms with E-state index in [9.17, 15) is 0 Å². The summed E-state index contributed by atoms with van der Waals surface area (Å²) in [6, 6.07) is 1.95. The van der Waals surface area contributed by atoms with Crippen LogP contribution in [-0.2, 0) is 6.42 Å². The van der Waals surface area contributed by atoms with E-state index in [1.54, 1.807) is 12.5 Å². The Hall–Kier alpha value is -0.0200. The van der Waals surface area contributed by atoms with Crippen LogP contribution in [-0.4, -0.2) is 11.0 Å². The minimum absolute atomic E-state index is 0.334. The van der Waals surface area contributed by atoms with Crippen LogP contribution >= 0.6 is 25.3 Å². The second kappa shape index (κ2) is 3.98. The highest BCUT2D eigenvalue weighted by Crippen LogP contribution is 2.08. The van der Waals surface area contributed by atoms with E-state index in [2.05, 4.69) is 25.3 Å². The molecule has 0 amide bonds. The smallest absolute Gasteiger partial charge is 0.0934 e. The Kier molecular flexibility index (Phi) is 3.22. The fraction of sp³-hybridized carbons (Fsp3) is 0.429. The summed E-state index contributed by atoms with van der Waals surface area (Å²) in [6.45, 7) is 0. The molecule has 0 aromatic carbocycles. The molecule has 0 aliphatic carbocycles. The topological polar surface area (TPSA) is 13.1 Å². The van der Waals surface area contributed by atoms with Gasteiger partial charge in [0.25, 0.3) is 0 Å². The first-order valence-corrected chi connectivity index (χ1v) is 4.28. The highest BCUT2D eigenvalue weighted by Gasteiger charge is 2.01. The van der Waals surface area contributed by atoms with Crippen LogP contribution < -0.4 is 0 Å². The molecule has 1 heterocycles. The van der Waals surface area contributed by atoms with Gasteiger partial charge in [-0.1, -0.05) is 0 Å². The van der Waals surface area contributed by atoms with E-state index >= 15 is 0 Å². The zero-order chi connectivity index (χ0) is 7.40. The van der Waals surface area contributed by atoms with Crippen molar-refractivity contribution in [3.63, 3.8) is 0 Å². The van der Waals surface area contributed by atoms with Crippen LogP contribution in [0.3, 0.4) is 0 Å². The van der Waals surface area contributed by atoms with Crippen molar-refractivity contribution in [3.05, 3.63) is 24.2 Å². The highest BCUT2D eigenvalue weighted by atomic mass is 32.1. The molecule has 0 unspecified atom stereocenters. The number of rotatable bonds is 3. The van der Waals surface area contributed by atoms with Crippen LogP contribution in [0.4, 0.5) is 0 Å². The minimum Gasteiger partial charge on any atom is -0.472 e. The van der Waals surface area contributed by atoms with Gasteiger partial charge in [-0.2, -0.15) is 25.3 Å². The van der Waals surface area contributed by atoms with Crippen molar-refractivity contribution in [2.24, 2.45) is 0 Å². The molecular weight excluding hydrogens is 164 g/mol. The van der Waals surface area contributed by atoms with Gasteiger partial charge in [0.2, 0.25) is 0 Å². The van der Waals surface area contributed by atoms with Gasteiger partial charge in [-0.3, -0.25) is 0 Å². The summed E-state index contributed by atoms with van der Waals surface area (Å²) in [5, 5.41) is 0.334. The molecule has 0 saturated heterocycles. The highest BCUT2D eigenvalue weighted by molar-refractivity contribution is 7.84. The lowest BCUT2D eigenvalue weighted by atomic mass is 10.2. The molecule has 3 heteroatoms. The summed E-state index contributed by atoms with van der Waals surface area (Å²) < 4.78 is 4.90. The molecule has 1 aromatic heterocycles. The summed E-state index contributed by atoms with van der Waals surface area (Å²) in [5.41, 5.74) is 1.19. The van der Waals surface area contributed by atoms with Crippen molar-refractivity contribution < 1.29 is 4.42 Å². The Bertz CT molecular complexity index is 172. The van der Waals surface area contributed by atoms with Gasteiger partial charge in [0.15, 0.2) is 0 Å². The Morgan fingerprint density at radius 1 is 1.60 bits per heavy atom. The summed E-state index contributed by atoms with van der Waals surface area (Å²) in [4.78, 5) is 0. The zero-order valence-electron chi connectivity index (χ0n) is 5.53. The third-order valence-corrected chi connectivity index (χ3v) is 2.36. The largest absolute Gasteiger partial charge is 0.472 e. The quantitative estimate of drug-likeness (QED) is 0.669. The van der Waals surface area contributed by atoms with E-state index in [0.29, 0.717) is 5.25 Å². The van der Waals surface area contributed by atoms with Crippen LogP contribution in [0.15, 0.2) is 23.0 Å². The summed E-state index contributed by atoms with van der Waals surface area (Å²) in [5.74, 6) is 0.800. The second-order valence-electron chi connectivity index (χ2n) is 2.17. The van der Waals surface area contributed by atoms with Crippen LogP contribution in [0.2, 0.25) is 0 Å². The minimum atomic E-state index is 0.334. The SMILES string of the molecule is SC[C@H](S)Cc1ccoc1. The lowest BCUT2D eigenvalue weighted by Gasteiger charge is -2.02. The third kappa shape index (κ3) is 2.31. The Balaban J connectivity index is 2.40. The van der Waals surface area contributed by atoms with Crippen molar-refractivity contribution in [3.8, 4) is 0 Å². The van der Waals surface area contributed by atoms with Crippen molar-refractivity contribution >= 4 is 25.3 Å².